The van der Waals surface area contributed by atoms with Gasteiger partial charge < -0.3 is 90.0 Å². The standard InChI is InChI=1S/C72H94N16O17/c1-7-8-21-49-66(99)85-52(28-37(2)3)68(101)79-39(5)61(94)84-55(34-46-19-16-27-74-46)70(103)87-56(59(73)92)36-77-63(96)43-30-42-31-44(32-43)64(97)78-38(4)60(93)83-53(29-41-17-10-9-11-18-41)69(102)86-54(33-45-35-76-48-22-13-12-20-47(45)48)71(104)88-58(40(6)89)72(105)82-51(24-25-57(90)91)67(100)81-50(65(98)80-49)23-14-15-26-75-62(42)95/h9-13,17-20,22,27,30-32,35,37-40,49-56,58,76,89H,7-8,14-16,21,23-26,28-29,33-34,36H2,1-6H3,(H2,73,92)(H,75,95)(H,77,96)(H,78,97)(H,79,101)(H,80,98)(H,81,100)(H,82,105)(H,83,93)(H,84,94)(H,85,99)(H,86,102)(H,87,103)(H,88,104)(H,90,91)/t38-,39-,40?,49-,50-,51?,52+,53+,54-,55-,56-,58+/m0/s1. The maximum absolute atomic E-state index is 14.9. The van der Waals surface area contributed by atoms with Gasteiger partial charge in [-0.1, -0.05) is 88.2 Å². The first-order valence-electron chi connectivity index (χ1n) is 35.0. The molecule has 105 heavy (non-hydrogen) atoms. The van der Waals surface area contributed by atoms with Gasteiger partial charge in [0.1, 0.15) is 66.5 Å². The number of primary amides is 1. The number of benzene rings is 3. The van der Waals surface area contributed by atoms with Crippen LogP contribution in [0.4, 0.5) is 0 Å². The second kappa shape index (κ2) is 38.8. The van der Waals surface area contributed by atoms with E-state index in [1.807, 2.05) is 6.92 Å². The molecule has 0 fully saturated rings. The molecule has 3 aliphatic heterocycles. The van der Waals surface area contributed by atoms with Gasteiger partial charge in [0.2, 0.25) is 65.0 Å². The van der Waals surface area contributed by atoms with Gasteiger partial charge in [-0.3, -0.25) is 76.9 Å². The third-order valence-electron chi connectivity index (χ3n) is 17.7. The van der Waals surface area contributed by atoms with Crippen LogP contribution in [0.1, 0.15) is 154 Å². The van der Waals surface area contributed by atoms with E-state index in [4.69, 9.17) is 5.73 Å². The summed E-state index contributed by atoms with van der Waals surface area (Å²) in [5.74, 6) is -15.7. The smallest absolute Gasteiger partial charge is 0.303 e. The highest BCUT2D eigenvalue weighted by molar-refractivity contribution is 6.06. The quantitative estimate of drug-likeness (QED) is 0.0641. The molecule has 18 N–H and O–H groups in total. The van der Waals surface area contributed by atoms with Gasteiger partial charge in [-0.15, -0.1) is 0 Å². The number of carbonyl (C=O) groups is 15. The summed E-state index contributed by atoms with van der Waals surface area (Å²) in [5.41, 5.74) is 6.74. The zero-order chi connectivity index (χ0) is 76.6. The van der Waals surface area contributed by atoms with E-state index in [0.717, 1.165) is 25.1 Å². The maximum atomic E-state index is 14.9. The summed E-state index contributed by atoms with van der Waals surface area (Å²) < 4.78 is 0. The molecule has 0 saturated carbocycles. The molecular formula is C72H94N16O17. The lowest BCUT2D eigenvalue weighted by molar-refractivity contribution is -0.139. The molecule has 3 aliphatic rings. The molecule has 4 bridgehead atoms. The maximum Gasteiger partial charge on any atom is 0.303 e. The van der Waals surface area contributed by atoms with Crippen LogP contribution in [-0.4, -0.2) is 196 Å². The van der Waals surface area contributed by atoms with Crippen molar-refractivity contribution in [2.24, 2.45) is 16.6 Å². The monoisotopic (exact) mass is 1450 g/mol. The highest BCUT2D eigenvalue weighted by atomic mass is 16.4. The number of para-hydroxylation sites is 1. The molecule has 12 atom stereocenters. The average Bonchev–Trinajstić information content (AvgIpc) is 1.75. The lowest BCUT2D eigenvalue weighted by Crippen LogP contribution is -2.62. The molecule has 33 nitrogen and oxygen atoms in total. The number of aliphatic imine (C=N–C) groups is 1. The van der Waals surface area contributed by atoms with Crippen molar-refractivity contribution in [3.63, 3.8) is 0 Å². The number of nitrogens with one attached hydrogen (secondary N) is 14. The van der Waals surface area contributed by atoms with Crippen LogP contribution in [0.15, 0.2) is 95.8 Å². The van der Waals surface area contributed by atoms with Gasteiger partial charge in [-0.05, 0) is 101 Å². The predicted octanol–water partition coefficient (Wildman–Crippen LogP) is -0.988. The molecule has 0 saturated heterocycles. The van der Waals surface area contributed by atoms with E-state index < -0.39 is 181 Å². The van der Waals surface area contributed by atoms with Crippen LogP contribution in [0.2, 0.25) is 0 Å². The third-order valence-corrected chi connectivity index (χ3v) is 17.7. The number of amides is 14. The number of H-pyrrole nitrogens is 1. The highest BCUT2D eigenvalue weighted by Crippen LogP contribution is 2.21. The van der Waals surface area contributed by atoms with E-state index in [0.29, 0.717) is 47.0 Å². The number of hydrogen-bond acceptors (Lipinski definition) is 17. The number of carboxylic acid groups (broad SMARTS) is 1. The van der Waals surface area contributed by atoms with Crippen LogP contribution in [0.5, 0.6) is 0 Å². The van der Waals surface area contributed by atoms with Crippen LogP contribution < -0.4 is 74.9 Å². The Hall–Kier alpha value is -11.4. The number of carboxylic acids is 1. The molecule has 4 heterocycles. The van der Waals surface area contributed by atoms with Crippen molar-refractivity contribution in [3.8, 4) is 0 Å². The number of rotatable bonds is 16. The Bertz CT molecular complexity index is 3950. The minimum Gasteiger partial charge on any atom is -0.481 e. The molecule has 0 radical (unpaired) electrons. The lowest BCUT2D eigenvalue weighted by atomic mass is 10.0. The van der Waals surface area contributed by atoms with Gasteiger partial charge in [-0.25, -0.2) is 0 Å². The molecule has 33 heteroatoms. The largest absolute Gasteiger partial charge is 0.481 e. The second-order valence-electron chi connectivity index (χ2n) is 26.7. The fourth-order valence-electron chi connectivity index (χ4n) is 11.9. The number of aromatic amines is 1. The molecule has 2 unspecified atom stereocenters. The summed E-state index contributed by atoms with van der Waals surface area (Å²) in [5, 5.41) is 55.4. The number of carbonyl (C=O) groups excluding carboxylic acids is 14. The summed E-state index contributed by atoms with van der Waals surface area (Å²) in [6.07, 6.45) is 1.84. The molecule has 1 aromatic heterocycles. The number of nitrogens with two attached hydrogens (primary N) is 1. The molecular weight excluding hydrogens is 1360 g/mol. The summed E-state index contributed by atoms with van der Waals surface area (Å²) in [6.45, 7) is 8.15. The summed E-state index contributed by atoms with van der Waals surface area (Å²) in [6, 6.07) is 1.22. The van der Waals surface area contributed by atoms with E-state index in [1.165, 1.54) is 13.8 Å². The third kappa shape index (κ3) is 24.1. The number of aliphatic hydroxyl groups excluding tert-OH is 1. The van der Waals surface area contributed by atoms with Crippen molar-refractivity contribution in [1.29, 1.82) is 0 Å². The van der Waals surface area contributed by atoms with E-state index in [1.54, 1.807) is 86.9 Å². The topological polar surface area (TPSA) is 507 Å². The molecule has 7 rings (SSSR count). The Labute approximate surface area is 605 Å². The lowest BCUT2D eigenvalue weighted by Gasteiger charge is -2.29. The number of allylic oxidation sites excluding steroid dienone is 1. The Morgan fingerprint density at radius 1 is 0.562 bits per heavy atom. The SMILES string of the molecule is CCCC[C@@H]1NC(=O)[C@@H]2CCCCNC(=O)c3cc(cc(c3)C(=O)N[C@@H](C)C(=O)N[C@H](Cc3ccccc3)C(=O)N[C@@H](Cc3c[nH]c4ccccc34)C(=O)N[C@H](C(C)O)C(=O)NC(CCC(=O)O)C(=O)N2)C(=O)NC[C@@H](C(N)=O)NC(=O)[C@H](CC2=CCC=N2)NC(=O)[C@H](C)NC(=O)[C@@H](CC(C)C)NC1=O. The van der Waals surface area contributed by atoms with Crippen molar-refractivity contribution >= 4 is 106 Å². The van der Waals surface area contributed by atoms with E-state index in [-0.39, 0.29) is 80.5 Å². The van der Waals surface area contributed by atoms with E-state index in [2.05, 4.69) is 79.1 Å². The summed E-state index contributed by atoms with van der Waals surface area (Å²) >= 11 is 0. The fraction of sp³-hybridized carbons (Fsp3) is 0.472. The Morgan fingerprint density at radius 2 is 1.10 bits per heavy atom. The Balaban J connectivity index is 1.35. The van der Waals surface area contributed by atoms with Gasteiger partial charge in [0.05, 0.1) is 6.10 Å². The van der Waals surface area contributed by atoms with Crippen molar-refractivity contribution in [3.05, 3.63) is 119 Å². The molecule has 14 amide bonds. The number of aromatic nitrogens is 1. The summed E-state index contributed by atoms with van der Waals surface area (Å²) in [7, 11) is 0. The van der Waals surface area contributed by atoms with Crippen LogP contribution in [0.3, 0.4) is 0 Å². The van der Waals surface area contributed by atoms with Crippen LogP contribution in [-0.2, 0) is 70.4 Å². The van der Waals surface area contributed by atoms with Gasteiger partial charge >= 0.3 is 5.97 Å². The van der Waals surface area contributed by atoms with Gasteiger partial charge in [0.25, 0.3) is 17.7 Å². The zero-order valence-electron chi connectivity index (χ0n) is 59.3. The zero-order valence-corrected chi connectivity index (χ0v) is 59.3. The molecule has 0 spiro atoms. The van der Waals surface area contributed by atoms with Gasteiger partial charge in [0.15, 0.2) is 0 Å². The normalized spacial score (nSPS) is 24.9. The molecule has 3 aromatic carbocycles. The minimum absolute atomic E-state index is 0.000861. The van der Waals surface area contributed by atoms with Crippen LogP contribution in [0, 0.1) is 5.92 Å². The number of aliphatic hydroxyl groups is 1. The second-order valence-corrected chi connectivity index (χ2v) is 26.7. The molecule has 564 valence electrons. The number of nitrogens with zero attached hydrogens (tertiary/aromatic N) is 1. The van der Waals surface area contributed by atoms with Crippen molar-refractivity contribution in [2.75, 3.05) is 13.1 Å². The van der Waals surface area contributed by atoms with Crippen LogP contribution in [0.25, 0.3) is 10.9 Å². The fourth-order valence-corrected chi connectivity index (χ4v) is 11.9. The first-order chi connectivity index (χ1) is 50.0. The minimum atomic E-state index is -1.94. The summed E-state index contributed by atoms with van der Waals surface area (Å²) in [4.78, 5) is 222. The van der Waals surface area contributed by atoms with Crippen molar-refractivity contribution in [2.45, 2.75) is 198 Å². The number of hydrogen-bond donors (Lipinski definition) is 17. The van der Waals surface area contributed by atoms with Crippen molar-refractivity contribution < 1.29 is 82.1 Å². The van der Waals surface area contributed by atoms with E-state index >= 15 is 0 Å². The average molecular weight is 1460 g/mol. The first-order valence-corrected chi connectivity index (χ1v) is 35.0. The number of fused-ring (bicyclic) bond motifs is 9. The van der Waals surface area contributed by atoms with Crippen molar-refractivity contribution in [1.82, 2.24) is 74.1 Å². The van der Waals surface area contributed by atoms with E-state index in [9.17, 15) is 82.1 Å². The molecule has 0 aliphatic carbocycles. The van der Waals surface area contributed by atoms with Gasteiger partial charge in [0, 0.05) is 90.9 Å². The van der Waals surface area contributed by atoms with Gasteiger partial charge in [-0.2, -0.15) is 0 Å². The number of unbranched alkanes of at least 4 members (excludes halogenated alkanes) is 1. The Morgan fingerprint density at radius 3 is 1.74 bits per heavy atom. The van der Waals surface area contributed by atoms with Crippen LogP contribution >= 0.6 is 0 Å². The Kier molecular flexibility index (Phi) is 29.9. The predicted molar refractivity (Wildman–Crippen MR) is 382 cm³/mol. The first kappa shape index (κ1) is 80.9. The highest BCUT2D eigenvalue weighted by Gasteiger charge is 2.38. The number of aliphatic carboxylic acids is 1. The molecule has 4 aromatic rings.